The summed E-state index contributed by atoms with van der Waals surface area (Å²) in [4.78, 5) is 31.2. The summed E-state index contributed by atoms with van der Waals surface area (Å²) in [7, 11) is 0. The molecule has 0 aliphatic rings. The van der Waals surface area contributed by atoms with E-state index in [0.717, 1.165) is 28.3 Å². The van der Waals surface area contributed by atoms with Gasteiger partial charge in [0, 0.05) is 24.6 Å². The quantitative estimate of drug-likeness (QED) is 0.427. The number of aryl methyl sites for hydroxylation is 3. The van der Waals surface area contributed by atoms with Gasteiger partial charge in [-0.2, -0.15) is 4.98 Å². The summed E-state index contributed by atoms with van der Waals surface area (Å²) in [5.74, 6) is 2.39. The average Bonchev–Trinajstić information content (AvgIpc) is 3.21. The number of rotatable bonds is 6. The first-order chi connectivity index (χ1) is 15.7. The van der Waals surface area contributed by atoms with E-state index in [1.54, 1.807) is 31.5 Å². The second-order valence-electron chi connectivity index (χ2n) is 8.33. The molecule has 0 unspecified atom stereocenters. The van der Waals surface area contributed by atoms with E-state index in [2.05, 4.69) is 28.8 Å². The minimum absolute atomic E-state index is 0.175. The minimum Gasteiger partial charge on any atom is -0.471 e. The molecule has 8 heteroatoms. The predicted molar refractivity (Wildman–Crippen MR) is 125 cm³/mol. The Hall–Kier alpha value is -3.81. The first-order valence-electron chi connectivity index (χ1n) is 10.8. The zero-order valence-corrected chi connectivity index (χ0v) is 19.7. The maximum atomic E-state index is 13.4. The standard InChI is InChI=1S/C25H27N5O3/c1-14(2)23-26-10-9-21(29-23)19-8-7-15(3)22(11-19)30-17(5)27-24(16(4)25(30)31)33-13-20-12-32-18(6)28-20/h7-12,14H,13H2,1-6H3. The predicted octanol–water partition coefficient (Wildman–Crippen LogP) is 4.61. The van der Waals surface area contributed by atoms with Crippen LogP contribution in [0.1, 0.15) is 54.1 Å². The topological polar surface area (TPSA) is 95.9 Å². The van der Waals surface area contributed by atoms with Crippen LogP contribution in [-0.2, 0) is 6.61 Å². The van der Waals surface area contributed by atoms with E-state index in [-0.39, 0.29) is 18.1 Å². The molecule has 3 heterocycles. The van der Waals surface area contributed by atoms with E-state index in [9.17, 15) is 4.79 Å². The number of nitrogens with zero attached hydrogens (tertiary/aromatic N) is 5. The van der Waals surface area contributed by atoms with Gasteiger partial charge >= 0.3 is 0 Å². The van der Waals surface area contributed by atoms with Crippen LogP contribution >= 0.6 is 0 Å². The lowest BCUT2D eigenvalue weighted by atomic mass is 10.1. The van der Waals surface area contributed by atoms with E-state index in [1.165, 1.54) is 6.26 Å². The van der Waals surface area contributed by atoms with Crippen LogP contribution in [0.5, 0.6) is 5.88 Å². The van der Waals surface area contributed by atoms with Crippen LogP contribution in [-0.4, -0.2) is 24.5 Å². The first-order valence-corrected chi connectivity index (χ1v) is 10.8. The SMILES string of the molecule is Cc1nc(COc2nc(C)n(-c3cc(-c4ccnc(C(C)C)n4)ccc3C)c(=O)c2C)co1. The Kier molecular flexibility index (Phi) is 6.09. The third kappa shape index (κ3) is 4.55. The van der Waals surface area contributed by atoms with E-state index < -0.39 is 0 Å². The Bertz CT molecular complexity index is 1370. The normalized spacial score (nSPS) is 11.2. The van der Waals surface area contributed by atoms with Gasteiger partial charge in [-0.15, -0.1) is 0 Å². The molecule has 0 radical (unpaired) electrons. The monoisotopic (exact) mass is 445 g/mol. The first kappa shape index (κ1) is 22.4. The van der Waals surface area contributed by atoms with E-state index >= 15 is 0 Å². The van der Waals surface area contributed by atoms with Crippen molar-refractivity contribution in [2.45, 2.75) is 54.1 Å². The summed E-state index contributed by atoms with van der Waals surface area (Å²) >= 11 is 0. The Balaban J connectivity index is 1.73. The van der Waals surface area contributed by atoms with Crippen LogP contribution < -0.4 is 10.3 Å². The van der Waals surface area contributed by atoms with Crippen LogP contribution in [0.15, 0.2) is 45.9 Å². The molecule has 170 valence electrons. The van der Waals surface area contributed by atoms with Gasteiger partial charge in [-0.25, -0.2) is 15.0 Å². The second kappa shape index (κ2) is 8.97. The molecule has 0 N–H and O–H groups in total. The summed E-state index contributed by atoms with van der Waals surface area (Å²) in [5, 5.41) is 0. The zero-order valence-electron chi connectivity index (χ0n) is 19.7. The maximum Gasteiger partial charge on any atom is 0.264 e. The summed E-state index contributed by atoms with van der Waals surface area (Å²) < 4.78 is 12.6. The Morgan fingerprint density at radius 2 is 1.85 bits per heavy atom. The van der Waals surface area contributed by atoms with Gasteiger partial charge in [-0.3, -0.25) is 9.36 Å². The number of aromatic nitrogens is 5. The van der Waals surface area contributed by atoms with Gasteiger partial charge in [0.05, 0.1) is 16.9 Å². The van der Waals surface area contributed by atoms with Crippen molar-refractivity contribution in [3.8, 4) is 22.8 Å². The van der Waals surface area contributed by atoms with Crippen LogP contribution in [0.25, 0.3) is 16.9 Å². The fourth-order valence-electron chi connectivity index (χ4n) is 3.55. The Morgan fingerprint density at radius 1 is 1.06 bits per heavy atom. The lowest BCUT2D eigenvalue weighted by Gasteiger charge is -2.16. The van der Waals surface area contributed by atoms with Crippen molar-refractivity contribution in [3.05, 3.63) is 81.4 Å². The molecule has 4 rings (SSSR count). The molecular formula is C25H27N5O3. The van der Waals surface area contributed by atoms with Crippen molar-refractivity contribution >= 4 is 0 Å². The summed E-state index contributed by atoms with van der Waals surface area (Å²) in [6.45, 7) is 11.5. The minimum atomic E-state index is -0.181. The Labute approximate surface area is 192 Å². The van der Waals surface area contributed by atoms with Gasteiger partial charge < -0.3 is 9.15 Å². The molecule has 33 heavy (non-hydrogen) atoms. The molecule has 0 bridgehead atoms. The molecule has 0 aliphatic carbocycles. The van der Waals surface area contributed by atoms with Gasteiger partial charge in [0.25, 0.3) is 5.56 Å². The number of hydrogen-bond donors (Lipinski definition) is 0. The van der Waals surface area contributed by atoms with Crippen LogP contribution in [0.2, 0.25) is 0 Å². The molecule has 0 amide bonds. The highest BCUT2D eigenvalue weighted by atomic mass is 16.5. The van der Waals surface area contributed by atoms with Crippen molar-refractivity contribution in [2.24, 2.45) is 0 Å². The molecule has 8 nitrogen and oxygen atoms in total. The van der Waals surface area contributed by atoms with Crippen LogP contribution in [0.3, 0.4) is 0 Å². The summed E-state index contributed by atoms with van der Waals surface area (Å²) in [6, 6.07) is 7.83. The third-order valence-corrected chi connectivity index (χ3v) is 5.39. The second-order valence-corrected chi connectivity index (χ2v) is 8.33. The summed E-state index contributed by atoms with van der Waals surface area (Å²) in [5.41, 5.74) is 4.32. The van der Waals surface area contributed by atoms with Crippen molar-refractivity contribution in [2.75, 3.05) is 0 Å². The van der Waals surface area contributed by atoms with Gasteiger partial charge in [-0.1, -0.05) is 26.0 Å². The molecule has 4 aromatic rings. The van der Waals surface area contributed by atoms with Gasteiger partial charge in [-0.05, 0) is 38.5 Å². The van der Waals surface area contributed by atoms with E-state index in [1.807, 2.05) is 31.2 Å². The summed E-state index contributed by atoms with van der Waals surface area (Å²) in [6.07, 6.45) is 3.30. The maximum absolute atomic E-state index is 13.4. The third-order valence-electron chi connectivity index (χ3n) is 5.39. The fraction of sp³-hybridized carbons (Fsp3) is 0.320. The largest absolute Gasteiger partial charge is 0.471 e. The number of hydrogen-bond acceptors (Lipinski definition) is 7. The zero-order chi connectivity index (χ0) is 23.7. The molecular weight excluding hydrogens is 418 g/mol. The number of oxazole rings is 1. The van der Waals surface area contributed by atoms with E-state index in [0.29, 0.717) is 28.9 Å². The molecule has 0 saturated heterocycles. The van der Waals surface area contributed by atoms with Crippen LogP contribution in [0, 0.1) is 27.7 Å². The average molecular weight is 446 g/mol. The van der Waals surface area contributed by atoms with Crippen molar-refractivity contribution < 1.29 is 9.15 Å². The van der Waals surface area contributed by atoms with Gasteiger partial charge in [0.1, 0.15) is 30.2 Å². The lowest BCUT2D eigenvalue weighted by molar-refractivity contribution is 0.284. The molecule has 0 aliphatic heterocycles. The van der Waals surface area contributed by atoms with Crippen molar-refractivity contribution in [1.29, 1.82) is 0 Å². The Morgan fingerprint density at radius 3 is 2.55 bits per heavy atom. The number of ether oxygens (including phenoxy) is 1. The highest BCUT2D eigenvalue weighted by Crippen LogP contribution is 2.25. The molecule has 0 saturated carbocycles. The highest BCUT2D eigenvalue weighted by Gasteiger charge is 2.17. The van der Waals surface area contributed by atoms with Crippen molar-refractivity contribution in [1.82, 2.24) is 24.5 Å². The molecule has 0 spiro atoms. The molecule has 3 aromatic heterocycles. The van der Waals surface area contributed by atoms with E-state index in [4.69, 9.17) is 14.1 Å². The number of benzene rings is 1. The van der Waals surface area contributed by atoms with Gasteiger partial charge in [0.2, 0.25) is 5.88 Å². The smallest absolute Gasteiger partial charge is 0.264 e. The molecule has 1 aromatic carbocycles. The van der Waals surface area contributed by atoms with Crippen molar-refractivity contribution in [3.63, 3.8) is 0 Å². The molecule has 0 atom stereocenters. The van der Waals surface area contributed by atoms with Crippen LogP contribution in [0.4, 0.5) is 0 Å². The lowest BCUT2D eigenvalue weighted by Crippen LogP contribution is -2.26. The molecule has 0 fully saturated rings. The fourth-order valence-corrected chi connectivity index (χ4v) is 3.55. The van der Waals surface area contributed by atoms with Gasteiger partial charge in [0.15, 0.2) is 5.89 Å². The highest BCUT2D eigenvalue weighted by molar-refractivity contribution is 5.64.